The van der Waals surface area contributed by atoms with Crippen LogP contribution in [-0.2, 0) is 9.59 Å². The van der Waals surface area contributed by atoms with Gasteiger partial charge in [0, 0.05) is 5.69 Å². The van der Waals surface area contributed by atoms with Gasteiger partial charge in [-0.05, 0) is 31.2 Å². The third-order valence-electron chi connectivity index (χ3n) is 2.51. The number of aromatic hydroxyl groups is 1. The molecular formula is C12H17N3O4. The van der Waals surface area contributed by atoms with Crippen LogP contribution in [0.2, 0.25) is 0 Å². The van der Waals surface area contributed by atoms with Crippen molar-refractivity contribution in [3.05, 3.63) is 24.3 Å². The van der Waals surface area contributed by atoms with Crippen molar-refractivity contribution in [1.82, 2.24) is 0 Å². The molecule has 0 spiro atoms. The molecule has 1 amide bonds. The molecule has 0 unspecified atom stereocenters. The number of carboxylic acid groups (broad SMARTS) is 1. The Morgan fingerprint density at radius 2 is 1.79 bits per heavy atom. The summed E-state index contributed by atoms with van der Waals surface area (Å²) in [6.07, 6.45) is 0. The van der Waals surface area contributed by atoms with Gasteiger partial charge in [-0.2, -0.15) is 0 Å². The second kappa shape index (κ2) is 6.17. The summed E-state index contributed by atoms with van der Waals surface area (Å²) >= 11 is 0. The first-order chi connectivity index (χ1) is 8.82. The predicted octanol–water partition coefficient (Wildman–Crippen LogP) is -0.516. The summed E-state index contributed by atoms with van der Waals surface area (Å²) < 4.78 is 0. The zero-order valence-electron chi connectivity index (χ0n) is 10.5. The SMILES string of the molecule is C[C@H](N)C(=O)N(C[C@H](N)C(=O)O)c1ccc(O)cc1. The van der Waals surface area contributed by atoms with Gasteiger partial charge in [0.15, 0.2) is 0 Å². The van der Waals surface area contributed by atoms with Crippen LogP contribution >= 0.6 is 0 Å². The zero-order chi connectivity index (χ0) is 14.6. The number of carbonyl (C=O) groups is 2. The van der Waals surface area contributed by atoms with Crippen molar-refractivity contribution in [2.75, 3.05) is 11.4 Å². The molecule has 1 rings (SSSR count). The average Bonchev–Trinajstić information content (AvgIpc) is 2.35. The maximum absolute atomic E-state index is 12.0. The molecule has 0 saturated heterocycles. The van der Waals surface area contributed by atoms with E-state index in [9.17, 15) is 14.7 Å². The van der Waals surface area contributed by atoms with Crippen molar-refractivity contribution in [2.45, 2.75) is 19.0 Å². The second-order valence-electron chi connectivity index (χ2n) is 4.20. The Bertz CT molecular complexity index is 459. The van der Waals surface area contributed by atoms with Crippen molar-refractivity contribution in [3.8, 4) is 5.75 Å². The van der Waals surface area contributed by atoms with Crippen LogP contribution in [0.25, 0.3) is 0 Å². The first kappa shape index (κ1) is 14.9. The van der Waals surface area contributed by atoms with Crippen LogP contribution in [0, 0.1) is 0 Å². The van der Waals surface area contributed by atoms with Crippen LogP contribution in [0.4, 0.5) is 5.69 Å². The van der Waals surface area contributed by atoms with Gasteiger partial charge in [0.05, 0.1) is 12.6 Å². The lowest BCUT2D eigenvalue weighted by molar-refractivity contribution is -0.138. The molecule has 0 aromatic heterocycles. The number of benzene rings is 1. The maximum atomic E-state index is 12.0. The molecule has 104 valence electrons. The number of phenols is 1. The molecule has 0 heterocycles. The fourth-order valence-electron chi connectivity index (χ4n) is 1.48. The summed E-state index contributed by atoms with van der Waals surface area (Å²) in [5.41, 5.74) is 11.4. The molecule has 6 N–H and O–H groups in total. The highest BCUT2D eigenvalue weighted by molar-refractivity contribution is 5.97. The smallest absolute Gasteiger partial charge is 0.322 e. The van der Waals surface area contributed by atoms with Crippen molar-refractivity contribution in [2.24, 2.45) is 11.5 Å². The first-order valence-electron chi connectivity index (χ1n) is 5.67. The largest absolute Gasteiger partial charge is 0.508 e. The van der Waals surface area contributed by atoms with Gasteiger partial charge in [0.25, 0.3) is 0 Å². The molecule has 7 nitrogen and oxygen atoms in total. The lowest BCUT2D eigenvalue weighted by Crippen LogP contribution is -2.49. The Kier molecular flexibility index (Phi) is 4.85. The number of carbonyl (C=O) groups excluding carboxylic acids is 1. The van der Waals surface area contributed by atoms with Crippen molar-refractivity contribution in [1.29, 1.82) is 0 Å². The van der Waals surface area contributed by atoms with Crippen LogP contribution < -0.4 is 16.4 Å². The molecule has 2 atom stereocenters. The second-order valence-corrected chi connectivity index (χ2v) is 4.20. The maximum Gasteiger partial charge on any atom is 0.322 e. The fourth-order valence-corrected chi connectivity index (χ4v) is 1.48. The highest BCUT2D eigenvalue weighted by Crippen LogP contribution is 2.19. The van der Waals surface area contributed by atoms with Gasteiger partial charge in [-0.25, -0.2) is 0 Å². The van der Waals surface area contributed by atoms with E-state index in [2.05, 4.69) is 0 Å². The van der Waals surface area contributed by atoms with Gasteiger partial charge < -0.3 is 26.6 Å². The monoisotopic (exact) mass is 267 g/mol. The molecule has 0 radical (unpaired) electrons. The number of rotatable bonds is 5. The number of carboxylic acids is 1. The van der Waals surface area contributed by atoms with Crippen molar-refractivity contribution >= 4 is 17.6 Å². The average molecular weight is 267 g/mol. The molecule has 19 heavy (non-hydrogen) atoms. The van der Waals surface area contributed by atoms with Crippen LogP contribution in [0.1, 0.15) is 6.92 Å². The fraction of sp³-hybridized carbons (Fsp3) is 0.333. The number of hydrogen-bond donors (Lipinski definition) is 4. The van der Waals surface area contributed by atoms with Gasteiger partial charge in [0.1, 0.15) is 11.8 Å². The van der Waals surface area contributed by atoms with Crippen molar-refractivity contribution in [3.63, 3.8) is 0 Å². The van der Waals surface area contributed by atoms with E-state index in [1.54, 1.807) is 0 Å². The number of nitrogens with two attached hydrogens (primary N) is 2. The molecular weight excluding hydrogens is 250 g/mol. The molecule has 7 heteroatoms. The minimum Gasteiger partial charge on any atom is -0.508 e. The standard InChI is InChI=1S/C12H17N3O4/c1-7(13)11(17)15(6-10(14)12(18)19)8-2-4-9(16)5-3-8/h2-5,7,10,16H,6,13-14H2,1H3,(H,18,19)/t7-,10-/m0/s1. The lowest BCUT2D eigenvalue weighted by Gasteiger charge is -2.26. The summed E-state index contributed by atoms with van der Waals surface area (Å²) in [4.78, 5) is 24.0. The number of nitrogens with zero attached hydrogens (tertiary/aromatic N) is 1. The van der Waals surface area contributed by atoms with E-state index in [0.717, 1.165) is 0 Å². The molecule has 0 saturated carbocycles. The zero-order valence-corrected chi connectivity index (χ0v) is 10.5. The van der Waals surface area contributed by atoms with Gasteiger partial charge in [-0.1, -0.05) is 0 Å². The Balaban J connectivity index is 3.01. The quantitative estimate of drug-likeness (QED) is 0.568. The van der Waals surface area contributed by atoms with E-state index in [0.29, 0.717) is 5.69 Å². The van der Waals surface area contributed by atoms with E-state index in [-0.39, 0.29) is 12.3 Å². The van der Waals surface area contributed by atoms with E-state index in [1.807, 2.05) is 0 Å². The number of amides is 1. The van der Waals surface area contributed by atoms with E-state index in [1.165, 1.54) is 36.1 Å². The lowest BCUT2D eigenvalue weighted by atomic mass is 10.2. The normalized spacial score (nSPS) is 13.6. The van der Waals surface area contributed by atoms with Gasteiger partial charge in [-0.15, -0.1) is 0 Å². The minimum atomic E-state index is -1.21. The predicted molar refractivity (Wildman–Crippen MR) is 69.7 cm³/mol. The number of anilines is 1. The van der Waals surface area contributed by atoms with E-state index >= 15 is 0 Å². The first-order valence-corrected chi connectivity index (χ1v) is 5.67. The molecule has 1 aromatic rings. The Morgan fingerprint density at radius 1 is 1.26 bits per heavy atom. The van der Waals surface area contributed by atoms with Crippen LogP contribution in [-0.4, -0.2) is 40.7 Å². The van der Waals surface area contributed by atoms with Crippen LogP contribution in [0.15, 0.2) is 24.3 Å². The number of phenolic OH excluding ortho intramolecular Hbond substituents is 1. The minimum absolute atomic E-state index is 0.0412. The third kappa shape index (κ3) is 3.94. The summed E-state index contributed by atoms with van der Waals surface area (Å²) in [5, 5.41) is 18.0. The highest BCUT2D eigenvalue weighted by Gasteiger charge is 2.24. The van der Waals surface area contributed by atoms with Crippen molar-refractivity contribution < 1.29 is 19.8 Å². The van der Waals surface area contributed by atoms with Gasteiger partial charge in [0.2, 0.25) is 5.91 Å². The molecule has 0 bridgehead atoms. The summed E-state index contributed by atoms with van der Waals surface area (Å²) in [6.45, 7) is 1.31. The molecule has 1 aromatic carbocycles. The summed E-state index contributed by atoms with van der Waals surface area (Å²) in [5.74, 6) is -1.61. The van der Waals surface area contributed by atoms with E-state index < -0.39 is 24.0 Å². The molecule has 0 fully saturated rings. The van der Waals surface area contributed by atoms with Gasteiger partial charge in [-0.3, -0.25) is 9.59 Å². The Labute approximate surface area is 110 Å². The molecule has 0 aliphatic heterocycles. The van der Waals surface area contributed by atoms with Gasteiger partial charge >= 0.3 is 5.97 Å². The summed E-state index contributed by atoms with van der Waals surface area (Å²) in [6, 6.07) is 3.77. The topological polar surface area (TPSA) is 130 Å². The molecule has 0 aliphatic rings. The van der Waals surface area contributed by atoms with Crippen LogP contribution in [0.3, 0.4) is 0 Å². The Hall–Kier alpha value is -2.12. The number of aliphatic carboxylic acids is 1. The highest BCUT2D eigenvalue weighted by atomic mass is 16.4. The Morgan fingerprint density at radius 3 is 2.21 bits per heavy atom. The van der Waals surface area contributed by atoms with Crippen LogP contribution in [0.5, 0.6) is 5.75 Å². The number of hydrogen-bond acceptors (Lipinski definition) is 5. The third-order valence-corrected chi connectivity index (χ3v) is 2.51. The summed E-state index contributed by atoms with van der Waals surface area (Å²) in [7, 11) is 0. The van der Waals surface area contributed by atoms with E-state index in [4.69, 9.17) is 16.6 Å². The molecule has 0 aliphatic carbocycles.